The summed E-state index contributed by atoms with van der Waals surface area (Å²) >= 11 is 12.3. The van der Waals surface area contributed by atoms with Gasteiger partial charge in [0, 0.05) is 19.6 Å². The van der Waals surface area contributed by atoms with E-state index in [0.717, 1.165) is 18.7 Å². The number of carbonyl (C=O) groups excluding carboxylic acids is 1. The number of hydrogen-bond acceptors (Lipinski definition) is 5. The zero-order valence-electron chi connectivity index (χ0n) is 17.5. The predicted octanol–water partition coefficient (Wildman–Crippen LogP) is 5.89. The highest BCUT2D eigenvalue weighted by molar-refractivity contribution is 6.37. The number of hydrogen-bond donors (Lipinski definition) is 0. The van der Waals surface area contributed by atoms with Crippen molar-refractivity contribution in [1.29, 1.82) is 0 Å². The third kappa shape index (κ3) is 6.61. The van der Waals surface area contributed by atoms with Gasteiger partial charge in [0.15, 0.2) is 5.75 Å². The molecule has 1 saturated heterocycles. The molecule has 5 nitrogen and oxygen atoms in total. The second kappa shape index (κ2) is 10.0. The molecule has 0 aromatic heterocycles. The highest BCUT2D eigenvalue weighted by Gasteiger charge is 2.23. The van der Waals surface area contributed by atoms with Gasteiger partial charge in [-0.3, -0.25) is 9.69 Å². The van der Waals surface area contributed by atoms with Gasteiger partial charge in [-0.05, 0) is 50.6 Å². The summed E-state index contributed by atoms with van der Waals surface area (Å²) in [5.41, 5.74) is 0.595. The fraction of sp³-hybridized carbons (Fsp3) is 0.435. The Kier molecular flexibility index (Phi) is 7.64. The van der Waals surface area contributed by atoms with Gasteiger partial charge >= 0.3 is 5.97 Å². The monoisotopic (exact) mass is 451 g/mol. The van der Waals surface area contributed by atoms with Crippen molar-refractivity contribution in [3.05, 3.63) is 58.1 Å². The molecule has 2 aromatic rings. The molecular weight excluding hydrogens is 425 g/mol. The zero-order chi connectivity index (χ0) is 21.7. The van der Waals surface area contributed by atoms with Crippen LogP contribution in [0.15, 0.2) is 42.5 Å². The van der Waals surface area contributed by atoms with Crippen molar-refractivity contribution in [3.8, 4) is 11.5 Å². The minimum atomic E-state index is -0.456. The van der Waals surface area contributed by atoms with Crippen LogP contribution in [0, 0.1) is 0 Å². The summed E-state index contributed by atoms with van der Waals surface area (Å²) in [7, 11) is 0. The largest absolute Gasteiger partial charge is 0.460 e. The van der Waals surface area contributed by atoms with Crippen molar-refractivity contribution >= 4 is 29.2 Å². The van der Waals surface area contributed by atoms with Crippen LogP contribution in [0.4, 0.5) is 0 Å². The number of esters is 1. The van der Waals surface area contributed by atoms with Gasteiger partial charge in [0.1, 0.15) is 11.4 Å². The Morgan fingerprint density at radius 3 is 2.43 bits per heavy atom. The van der Waals surface area contributed by atoms with E-state index < -0.39 is 5.60 Å². The Balaban J connectivity index is 1.56. The molecule has 0 spiro atoms. The number of para-hydroxylation sites is 1. The Hall–Kier alpha value is -1.79. The summed E-state index contributed by atoms with van der Waals surface area (Å²) in [5.74, 6) is 0.910. The fourth-order valence-corrected chi connectivity index (χ4v) is 3.67. The minimum Gasteiger partial charge on any atom is -0.460 e. The molecule has 1 aliphatic rings. The topological polar surface area (TPSA) is 48.0 Å². The smallest absolute Gasteiger partial charge is 0.307 e. The van der Waals surface area contributed by atoms with E-state index in [1.165, 1.54) is 0 Å². The lowest BCUT2D eigenvalue weighted by atomic mass is 10.1. The quantitative estimate of drug-likeness (QED) is 0.512. The molecule has 162 valence electrons. The Morgan fingerprint density at radius 2 is 1.80 bits per heavy atom. The molecule has 0 bridgehead atoms. The van der Waals surface area contributed by atoms with E-state index in [4.69, 9.17) is 37.4 Å². The van der Waals surface area contributed by atoms with E-state index >= 15 is 0 Å². The van der Waals surface area contributed by atoms with Gasteiger partial charge in [-0.1, -0.05) is 41.4 Å². The van der Waals surface area contributed by atoms with Crippen molar-refractivity contribution in [2.75, 3.05) is 26.2 Å². The first-order valence-electron chi connectivity index (χ1n) is 9.99. The first-order chi connectivity index (χ1) is 14.2. The first kappa shape index (κ1) is 22.9. The number of rotatable bonds is 6. The second-order valence-corrected chi connectivity index (χ2v) is 9.03. The molecule has 1 heterocycles. The van der Waals surface area contributed by atoms with Crippen LogP contribution in [-0.4, -0.2) is 42.7 Å². The Labute approximate surface area is 187 Å². The average molecular weight is 452 g/mol. The number of ether oxygens (including phenoxy) is 3. The van der Waals surface area contributed by atoms with E-state index in [0.29, 0.717) is 41.1 Å². The first-order valence-corrected chi connectivity index (χ1v) is 10.7. The van der Waals surface area contributed by atoms with Gasteiger partial charge in [0.05, 0.1) is 29.2 Å². The molecule has 0 radical (unpaired) electrons. The lowest BCUT2D eigenvalue weighted by molar-refractivity contribution is -0.155. The molecular formula is C23H27Cl2NO4. The van der Waals surface area contributed by atoms with Gasteiger partial charge in [0.2, 0.25) is 0 Å². The van der Waals surface area contributed by atoms with E-state index in [-0.39, 0.29) is 12.1 Å². The number of benzene rings is 2. The van der Waals surface area contributed by atoms with Gasteiger partial charge in [-0.15, -0.1) is 0 Å². The summed E-state index contributed by atoms with van der Waals surface area (Å²) in [6.45, 7) is 8.42. The highest BCUT2D eigenvalue weighted by Crippen LogP contribution is 2.36. The maximum Gasteiger partial charge on any atom is 0.307 e. The lowest BCUT2D eigenvalue weighted by Gasteiger charge is -2.33. The fourth-order valence-electron chi connectivity index (χ4n) is 3.20. The molecule has 1 aliphatic heterocycles. The number of nitrogens with zero attached hydrogens (tertiary/aromatic N) is 1. The molecule has 30 heavy (non-hydrogen) atoms. The van der Waals surface area contributed by atoms with E-state index in [9.17, 15) is 4.79 Å². The van der Waals surface area contributed by atoms with Gasteiger partial charge in [0.25, 0.3) is 0 Å². The molecule has 0 amide bonds. The van der Waals surface area contributed by atoms with E-state index in [1.54, 1.807) is 18.2 Å². The molecule has 2 aromatic carbocycles. The van der Waals surface area contributed by atoms with Crippen LogP contribution in [0.2, 0.25) is 10.0 Å². The van der Waals surface area contributed by atoms with Crippen LogP contribution in [-0.2, 0) is 14.3 Å². The molecule has 1 unspecified atom stereocenters. The predicted molar refractivity (Wildman–Crippen MR) is 119 cm³/mol. The molecule has 0 N–H and O–H groups in total. The third-order valence-electron chi connectivity index (χ3n) is 4.59. The van der Waals surface area contributed by atoms with Crippen molar-refractivity contribution in [2.24, 2.45) is 0 Å². The molecule has 0 saturated carbocycles. The number of morpholine rings is 1. The summed E-state index contributed by atoms with van der Waals surface area (Å²) in [4.78, 5) is 14.2. The standard InChI is InChI=1S/C23H27Cl2NO4/c1-23(2,3)30-21(27)11-12-26-13-14-28-20(15-26)16-7-9-17(10-8-16)29-22-18(24)5-4-6-19(22)25/h4-10,20H,11-15H2,1-3H3. The summed E-state index contributed by atoms with van der Waals surface area (Å²) < 4.78 is 17.2. The Morgan fingerprint density at radius 1 is 1.13 bits per heavy atom. The van der Waals surface area contributed by atoms with Crippen molar-refractivity contribution < 1.29 is 19.0 Å². The summed E-state index contributed by atoms with van der Waals surface area (Å²) in [5, 5.41) is 0.922. The van der Waals surface area contributed by atoms with Crippen LogP contribution in [0.5, 0.6) is 11.5 Å². The SMILES string of the molecule is CC(C)(C)OC(=O)CCN1CCOC(c2ccc(Oc3c(Cl)cccc3Cl)cc2)C1. The van der Waals surface area contributed by atoms with E-state index in [2.05, 4.69) is 4.90 Å². The highest BCUT2D eigenvalue weighted by atomic mass is 35.5. The average Bonchev–Trinajstić information content (AvgIpc) is 2.69. The third-order valence-corrected chi connectivity index (χ3v) is 5.19. The van der Waals surface area contributed by atoms with Crippen LogP contribution in [0.25, 0.3) is 0 Å². The molecule has 7 heteroatoms. The van der Waals surface area contributed by atoms with Gasteiger partial charge in [-0.2, -0.15) is 0 Å². The van der Waals surface area contributed by atoms with Crippen molar-refractivity contribution in [2.45, 2.75) is 38.9 Å². The van der Waals surface area contributed by atoms with Gasteiger partial charge < -0.3 is 14.2 Å². The van der Waals surface area contributed by atoms with Crippen LogP contribution in [0.3, 0.4) is 0 Å². The zero-order valence-corrected chi connectivity index (χ0v) is 19.0. The van der Waals surface area contributed by atoms with Crippen LogP contribution in [0.1, 0.15) is 38.9 Å². The number of carbonyl (C=O) groups is 1. The summed E-state index contributed by atoms with van der Waals surface area (Å²) in [6, 6.07) is 12.9. The van der Waals surface area contributed by atoms with Crippen molar-refractivity contribution in [3.63, 3.8) is 0 Å². The van der Waals surface area contributed by atoms with E-state index in [1.807, 2.05) is 45.0 Å². The van der Waals surface area contributed by atoms with Crippen molar-refractivity contribution in [1.82, 2.24) is 4.90 Å². The molecule has 1 fully saturated rings. The van der Waals surface area contributed by atoms with Crippen LogP contribution >= 0.6 is 23.2 Å². The maximum absolute atomic E-state index is 12.0. The number of halogens is 2. The molecule has 1 atom stereocenters. The van der Waals surface area contributed by atoms with Crippen LogP contribution < -0.4 is 4.74 Å². The second-order valence-electron chi connectivity index (χ2n) is 8.22. The molecule has 0 aliphatic carbocycles. The Bertz CT molecular complexity index is 844. The van der Waals surface area contributed by atoms with Gasteiger partial charge in [-0.25, -0.2) is 0 Å². The maximum atomic E-state index is 12.0. The lowest BCUT2D eigenvalue weighted by Crippen LogP contribution is -2.39. The summed E-state index contributed by atoms with van der Waals surface area (Å²) in [6.07, 6.45) is 0.311. The minimum absolute atomic E-state index is 0.0599. The normalized spacial score (nSPS) is 17.6. The molecule has 3 rings (SSSR count).